The molecule has 7 heteroatoms. The molecule has 0 bridgehead atoms. The monoisotopic (exact) mass is 580 g/mol. The first-order chi connectivity index (χ1) is 16.9. The number of benzene rings is 3. The van der Waals surface area contributed by atoms with Gasteiger partial charge in [-0.1, -0.05) is 60.2 Å². The second kappa shape index (κ2) is 9.99. The van der Waals surface area contributed by atoms with Gasteiger partial charge in [0.05, 0.1) is 29.7 Å². The highest BCUT2D eigenvalue weighted by atomic mass is 127. The first-order valence-electron chi connectivity index (χ1n) is 11.9. The minimum atomic E-state index is -0.279. The first-order valence-corrected chi connectivity index (χ1v) is 13.0. The Labute approximate surface area is 218 Å². The van der Waals surface area contributed by atoms with Gasteiger partial charge in [-0.3, -0.25) is 13.9 Å². The maximum Gasteiger partial charge on any atom is 0.332 e. The summed E-state index contributed by atoms with van der Waals surface area (Å²) in [5.41, 5.74) is 4.23. The second-order valence-electron chi connectivity index (χ2n) is 9.34. The average molecular weight is 580 g/mol. The van der Waals surface area contributed by atoms with Gasteiger partial charge in [0.1, 0.15) is 0 Å². The lowest BCUT2D eigenvalue weighted by atomic mass is 10.1. The van der Waals surface area contributed by atoms with E-state index in [9.17, 15) is 9.59 Å². The number of hydrogen-bond donors (Lipinski definition) is 0. The third-order valence-electron chi connectivity index (χ3n) is 6.76. The molecule has 0 aliphatic carbocycles. The molecule has 0 radical (unpaired) electrons. The van der Waals surface area contributed by atoms with Crippen molar-refractivity contribution in [1.82, 2.24) is 14.0 Å². The Morgan fingerprint density at radius 2 is 1.43 bits per heavy atom. The molecule has 0 amide bonds. The van der Waals surface area contributed by atoms with E-state index in [4.69, 9.17) is 0 Å². The second-order valence-corrected chi connectivity index (χ2v) is 10.6. The van der Waals surface area contributed by atoms with Crippen molar-refractivity contribution >= 4 is 39.2 Å². The summed E-state index contributed by atoms with van der Waals surface area (Å²) < 4.78 is 4.19. The van der Waals surface area contributed by atoms with Crippen molar-refractivity contribution in [3.05, 3.63) is 108 Å². The van der Waals surface area contributed by atoms with Crippen molar-refractivity contribution in [2.75, 3.05) is 38.1 Å². The molecule has 1 saturated heterocycles. The fourth-order valence-electron chi connectivity index (χ4n) is 4.71. The molecule has 180 valence electrons. The van der Waals surface area contributed by atoms with E-state index < -0.39 is 0 Å². The van der Waals surface area contributed by atoms with E-state index >= 15 is 0 Å². The molecule has 4 aromatic rings. The first kappa shape index (κ1) is 23.8. The summed E-state index contributed by atoms with van der Waals surface area (Å²) >= 11 is 2.29. The molecular weight excluding hydrogens is 551 g/mol. The van der Waals surface area contributed by atoms with Gasteiger partial charge in [0.2, 0.25) is 0 Å². The summed E-state index contributed by atoms with van der Waals surface area (Å²) in [6.07, 6.45) is 0. The summed E-state index contributed by atoms with van der Waals surface area (Å²) in [5.74, 6) is 0. The molecule has 0 saturated carbocycles. The van der Waals surface area contributed by atoms with Crippen molar-refractivity contribution < 1.29 is 0 Å². The maximum atomic E-state index is 14.0. The van der Waals surface area contributed by atoms with Gasteiger partial charge in [-0.05, 0) is 59.8 Å². The van der Waals surface area contributed by atoms with Gasteiger partial charge < -0.3 is 9.80 Å². The molecule has 1 aliphatic heterocycles. The number of likely N-dealkylation sites (N-methyl/N-ethyl adjacent to an activating group) is 1. The van der Waals surface area contributed by atoms with Gasteiger partial charge in [0.25, 0.3) is 5.56 Å². The summed E-state index contributed by atoms with van der Waals surface area (Å²) in [5, 5.41) is 0.623. The van der Waals surface area contributed by atoms with E-state index in [0.29, 0.717) is 17.4 Å². The minimum Gasteiger partial charge on any atom is -0.368 e. The number of nitrogens with zero attached hydrogens (tertiary/aromatic N) is 4. The fraction of sp³-hybridized carbons (Fsp3) is 0.286. The standard InChI is InChI=1S/C28H29IN4O2/c1-20-8-10-22(11-9-20)19-33-27(34)26-24(31-14-12-30(2)13-15-31)16-23(29)17-25(26)32(28(33)35)18-21-6-4-3-5-7-21/h3-11,16-17H,12-15,18-19H2,1-2H3. The number of rotatable bonds is 5. The van der Waals surface area contributed by atoms with Gasteiger partial charge in [-0.2, -0.15) is 0 Å². The van der Waals surface area contributed by atoms with Crippen LogP contribution in [0.4, 0.5) is 5.69 Å². The van der Waals surface area contributed by atoms with E-state index in [1.54, 1.807) is 4.57 Å². The molecule has 0 unspecified atom stereocenters. The smallest absolute Gasteiger partial charge is 0.332 e. The van der Waals surface area contributed by atoms with E-state index in [2.05, 4.69) is 45.5 Å². The number of aromatic nitrogens is 2. The van der Waals surface area contributed by atoms with Crippen LogP contribution in [0.5, 0.6) is 0 Å². The molecule has 6 nitrogen and oxygen atoms in total. The third-order valence-corrected chi connectivity index (χ3v) is 7.38. The van der Waals surface area contributed by atoms with Crippen LogP contribution in [-0.2, 0) is 13.1 Å². The molecular formula is C28H29IN4O2. The Balaban J connectivity index is 1.75. The van der Waals surface area contributed by atoms with Crippen LogP contribution < -0.4 is 16.1 Å². The number of halogens is 1. The topological polar surface area (TPSA) is 50.5 Å². The average Bonchev–Trinajstić information content (AvgIpc) is 2.86. The molecule has 5 rings (SSSR count). The Bertz CT molecular complexity index is 1470. The van der Waals surface area contributed by atoms with Gasteiger partial charge in [0, 0.05) is 29.7 Å². The largest absolute Gasteiger partial charge is 0.368 e. The highest BCUT2D eigenvalue weighted by Gasteiger charge is 2.22. The molecule has 35 heavy (non-hydrogen) atoms. The minimum absolute atomic E-state index is 0.222. The number of anilines is 1. The summed E-state index contributed by atoms with van der Waals surface area (Å²) in [6, 6.07) is 22.0. The lowest BCUT2D eigenvalue weighted by molar-refractivity contribution is 0.313. The summed E-state index contributed by atoms with van der Waals surface area (Å²) in [7, 11) is 2.12. The molecule has 2 heterocycles. The number of piperazine rings is 1. The van der Waals surface area contributed by atoms with Crippen molar-refractivity contribution in [1.29, 1.82) is 0 Å². The predicted molar refractivity (Wildman–Crippen MR) is 151 cm³/mol. The number of hydrogen-bond acceptors (Lipinski definition) is 4. The van der Waals surface area contributed by atoms with Crippen molar-refractivity contribution in [3.63, 3.8) is 0 Å². The van der Waals surface area contributed by atoms with E-state index in [-0.39, 0.29) is 17.8 Å². The summed E-state index contributed by atoms with van der Waals surface area (Å²) in [4.78, 5) is 32.4. The highest BCUT2D eigenvalue weighted by Crippen LogP contribution is 2.28. The van der Waals surface area contributed by atoms with Crippen LogP contribution in [0.25, 0.3) is 10.9 Å². The fourth-order valence-corrected chi connectivity index (χ4v) is 5.30. The zero-order valence-corrected chi connectivity index (χ0v) is 22.2. The van der Waals surface area contributed by atoms with Gasteiger partial charge in [0.15, 0.2) is 0 Å². The molecule has 3 aromatic carbocycles. The summed E-state index contributed by atoms with van der Waals surface area (Å²) in [6.45, 7) is 6.26. The Morgan fingerprint density at radius 1 is 0.800 bits per heavy atom. The van der Waals surface area contributed by atoms with E-state index in [1.165, 1.54) is 4.57 Å². The third kappa shape index (κ3) is 4.92. The van der Waals surface area contributed by atoms with Gasteiger partial charge >= 0.3 is 5.69 Å². The molecule has 1 fully saturated rings. The number of aryl methyl sites for hydroxylation is 1. The lowest BCUT2D eigenvalue weighted by Crippen LogP contribution is -2.46. The normalized spacial score (nSPS) is 14.5. The number of fused-ring (bicyclic) bond motifs is 1. The van der Waals surface area contributed by atoms with Gasteiger partial charge in [-0.15, -0.1) is 0 Å². The van der Waals surface area contributed by atoms with Crippen LogP contribution in [0.3, 0.4) is 0 Å². The highest BCUT2D eigenvalue weighted by molar-refractivity contribution is 14.1. The van der Waals surface area contributed by atoms with Gasteiger partial charge in [-0.25, -0.2) is 4.79 Å². The predicted octanol–water partition coefficient (Wildman–Crippen LogP) is 3.92. The molecule has 1 aliphatic rings. The van der Waals surface area contributed by atoms with Crippen LogP contribution in [0.1, 0.15) is 16.7 Å². The molecule has 0 spiro atoms. The Kier molecular flexibility index (Phi) is 6.80. The zero-order chi connectivity index (χ0) is 24.5. The molecule has 0 atom stereocenters. The maximum absolute atomic E-state index is 14.0. The van der Waals surface area contributed by atoms with E-state index in [0.717, 1.165) is 52.1 Å². The van der Waals surface area contributed by atoms with Crippen LogP contribution in [0.15, 0.2) is 76.3 Å². The molecule has 1 aromatic heterocycles. The lowest BCUT2D eigenvalue weighted by Gasteiger charge is -2.34. The van der Waals surface area contributed by atoms with Crippen molar-refractivity contribution in [2.24, 2.45) is 0 Å². The Morgan fingerprint density at radius 3 is 2.11 bits per heavy atom. The van der Waals surface area contributed by atoms with Crippen molar-refractivity contribution in [2.45, 2.75) is 20.0 Å². The zero-order valence-electron chi connectivity index (χ0n) is 20.1. The van der Waals surface area contributed by atoms with Crippen LogP contribution in [0, 0.1) is 10.5 Å². The SMILES string of the molecule is Cc1ccc(Cn2c(=O)c3c(N4CCN(C)CC4)cc(I)cc3n(Cc3ccccc3)c2=O)cc1. The van der Waals surface area contributed by atoms with Crippen LogP contribution >= 0.6 is 22.6 Å². The van der Waals surface area contributed by atoms with Crippen molar-refractivity contribution in [3.8, 4) is 0 Å². The van der Waals surface area contributed by atoms with Crippen LogP contribution in [0.2, 0.25) is 0 Å². The quantitative estimate of drug-likeness (QED) is 0.336. The Hall–Kier alpha value is -2.91. The van der Waals surface area contributed by atoms with Crippen LogP contribution in [-0.4, -0.2) is 47.3 Å². The molecule has 0 N–H and O–H groups in total. The van der Waals surface area contributed by atoms with E-state index in [1.807, 2.05) is 67.6 Å².